The van der Waals surface area contributed by atoms with Crippen molar-refractivity contribution in [2.24, 2.45) is 4.99 Å². The Labute approximate surface area is 108 Å². The largest absolute Gasteiger partial charge is 0.480 e. The average Bonchev–Trinajstić information content (AvgIpc) is 2.37. The quantitative estimate of drug-likeness (QED) is 0.623. The summed E-state index contributed by atoms with van der Waals surface area (Å²) in [5, 5.41) is 3.51. The molecule has 2 aliphatic rings. The first kappa shape index (κ1) is 12.6. The number of halogens is 1. The first-order valence-electron chi connectivity index (χ1n) is 6.17. The number of likely N-dealkylation sites (N-methyl/N-ethyl adjacent to an activating group) is 1. The molecular formula is C12H20ClN3O. The molecule has 0 spiro atoms. The maximum atomic E-state index is 6.36. The first-order chi connectivity index (χ1) is 8.22. The number of hydrogen-bond acceptors (Lipinski definition) is 4. The fourth-order valence-corrected chi connectivity index (χ4v) is 2.54. The summed E-state index contributed by atoms with van der Waals surface area (Å²) in [5.74, 6) is 0.605. The standard InChI is InChI=1S/C12H20ClN3O/c1-16-8-14-12(17-2)10(11(16)13)15-9-6-4-3-5-7-9/h8-9,11,15H,3-7H2,1-2H3. The molecule has 0 radical (unpaired) electrons. The van der Waals surface area contributed by atoms with Gasteiger partial charge in [0.05, 0.1) is 13.4 Å². The summed E-state index contributed by atoms with van der Waals surface area (Å²) < 4.78 is 5.27. The molecule has 0 saturated heterocycles. The molecule has 5 heteroatoms. The van der Waals surface area contributed by atoms with Crippen LogP contribution in [0.2, 0.25) is 0 Å². The number of aliphatic imine (C=N–C) groups is 1. The van der Waals surface area contributed by atoms with E-state index < -0.39 is 0 Å². The molecular weight excluding hydrogens is 238 g/mol. The third-order valence-electron chi connectivity index (χ3n) is 3.34. The van der Waals surface area contributed by atoms with Crippen molar-refractivity contribution < 1.29 is 4.74 Å². The third-order valence-corrected chi connectivity index (χ3v) is 3.87. The summed E-state index contributed by atoms with van der Waals surface area (Å²) in [6.45, 7) is 0. The van der Waals surface area contributed by atoms with Crippen molar-refractivity contribution in [3.63, 3.8) is 0 Å². The first-order valence-corrected chi connectivity index (χ1v) is 6.61. The van der Waals surface area contributed by atoms with Crippen LogP contribution in [0.25, 0.3) is 0 Å². The molecule has 0 aromatic heterocycles. The summed E-state index contributed by atoms with van der Waals surface area (Å²) in [5.41, 5.74) is 0.676. The van der Waals surface area contributed by atoms with Gasteiger partial charge in [-0.15, -0.1) is 0 Å². The van der Waals surface area contributed by atoms with Crippen LogP contribution in [0.3, 0.4) is 0 Å². The van der Waals surface area contributed by atoms with E-state index in [0.29, 0.717) is 11.9 Å². The highest BCUT2D eigenvalue weighted by Gasteiger charge is 2.26. The Balaban J connectivity index is 2.08. The molecule has 0 aromatic rings. The van der Waals surface area contributed by atoms with Crippen molar-refractivity contribution in [2.45, 2.75) is 43.6 Å². The second-order valence-corrected chi connectivity index (χ2v) is 5.06. The average molecular weight is 258 g/mol. The molecule has 1 saturated carbocycles. The Hall–Kier alpha value is -0.900. The second-order valence-electron chi connectivity index (χ2n) is 4.65. The van der Waals surface area contributed by atoms with Crippen molar-refractivity contribution in [3.05, 3.63) is 11.6 Å². The molecule has 0 bridgehead atoms. The van der Waals surface area contributed by atoms with Gasteiger partial charge in [0, 0.05) is 13.1 Å². The summed E-state index contributed by atoms with van der Waals surface area (Å²) in [7, 11) is 3.54. The molecule has 0 aromatic carbocycles. The lowest BCUT2D eigenvalue weighted by atomic mass is 9.95. The predicted octanol–water partition coefficient (Wildman–Crippen LogP) is 2.26. The minimum absolute atomic E-state index is 0.218. The van der Waals surface area contributed by atoms with E-state index in [1.165, 1.54) is 32.1 Å². The number of methoxy groups -OCH3 is 1. The molecule has 2 rings (SSSR count). The van der Waals surface area contributed by atoms with Crippen LogP contribution in [0, 0.1) is 0 Å². The highest BCUT2D eigenvalue weighted by Crippen LogP contribution is 2.24. The molecule has 17 heavy (non-hydrogen) atoms. The van der Waals surface area contributed by atoms with Crippen LogP contribution in [0.1, 0.15) is 32.1 Å². The fraction of sp³-hybridized carbons (Fsp3) is 0.750. The number of nitrogens with one attached hydrogen (secondary N) is 1. The molecule has 0 amide bonds. The minimum Gasteiger partial charge on any atom is -0.480 e. The van der Waals surface area contributed by atoms with E-state index in [9.17, 15) is 0 Å². The highest BCUT2D eigenvalue weighted by molar-refractivity contribution is 6.22. The van der Waals surface area contributed by atoms with E-state index in [2.05, 4.69) is 10.3 Å². The lowest BCUT2D eigenvalue weighted by Gasteiger charge is -2.32. The number of nitrogens with zero attached hydrogens (tertiary/aromatic N) is 2. The van der Waals surface area contributed by atoms with Gasteiger partial charge < -0.3 is 15.0 Å². The maximum absolute atomic E-state index is 6.36. The highest BCUT2D eigenvalue weighted by atomic mass is 35.5. The zero-order chi connectivity index (χ0) is 12.3. The van der Waals surface area contributed by atoms with E-state index in [1.807, 2.05) is 11.9 Å². The molecule has 1 aliphatic heterocycles. The number of alkyl halides is 1. The Morgan fingerprint density at radius 2 is 2.12 bits per heavy atom. The smallest absolute Gasteiger partial charge is 0.237 e. The second kappa shape index (κ2) is 5.63. The van der Waals surface area contributed by atoms with Crippen LogP contribution in [0.15, 0.2) is 16.6 Å². The van der Waals surface area contributed by atoms with Crippen molar-refractivity contribution in [2.75, 3.05) is 14.2 Å². The van der Waals surface area contributed by atoms with Gasteiger partial charge in [0.2, 0.25) is 5.88 Å². The summed E-state index contributed by atoms with van der Waals surface area (Å²) in [4.78, 5) is 6.11. The molecule has 1 atom stereocenters. The minimum atomic E-state index is -0.218. The van der Waals surface area contributed by atoms with Crippen molar-refractivity contribution >= 4 is 17.9 Å². The summed E-state index contributed by atoms with van der Waals surface area (Å²) in [6, 6.07) is 0.506. The van der Waals surface area contributed by atoms with Gasteiger partial charge in [0.1, 0.15) is 11.2 Å². The molecule has 4 nitrogen and oxygen atoms in total. The van der Waals surface area contributed by atoms with E-state index >= 15 is 0 Å². The van der Waals surface area contributed by atoms with Gasteiger partial charge >= 0.3 is 0 Å². The van der Waals surface area contributed by atoms with Crippen molar-refractivity contribution in [1.29, 1.82) is 0 Å². The van der Waals surface area contributed by atoms with Gasteiger partial charge in [0.15, 0.2) is 0 Å². The van der Waals surface area contributed by atoms with E-state index in [1.54, 1.807) is 13.4 Å². The van der Waals surface area contributed by atoms with Crippen LogP contribution >= 0.6 is 11.6 Å². The third kappa shape index (κ3) is 2.86. The molecule has 1 heterocycles. The van der Waals surface area contributed by atoms with Gasteiger partial charge in [-0.25, -0.2) is 4.99 Å². The van der Waals surface area contributed by atoms with Crippen LogP contribution in [0.5, 0.6) is 0 Å². The molecule has 1 N–H and O–H groups in total. The predicted molar refractivity (Wildman–Crippen MR) is 69.9 cm³/mol. The zero-order valence-electron chi connectivity index (χ0n) is 10.4. The normalized spacial score (nSPS) is 26.3. The van der Waals surface area contributed by atoms with Crippen LogP contribution in [-0.2, 0) is 4.74 Å². The van der Waals surface area contributed by atoms with Crippen LogP contribution < -0.4 is 5.32 Å². The Bertz CT molecular complexity index is 324. The number of rotatable bonds is 3. The van der Waals surface area contributed by atoms with Crippen LogP contribution in [-0.4, -0.2) is 36.9 Å². The monoisotopic (exact) mass is 257 g/mol. The maximum Gasteiger partial charge on any atom is 0.237 e. The van der Waals surface area contributed by atoms with Gasteiger partial charge in [0.25, 0.3) is 0 Å². The zero-order valence-corrected chi connectivity index (χ0v) is 11.2. The number of hydrogen-bond donors (Lipinski definition) is 1. The van der Waals surface area contributed by atoms with Gasteiger partial charge in [-0.05, 0) is 12.8 Å². The Morgan fingerprint density at radius 1 is 1.41 bits per heavy atom. The van der Waals surface area contributed by atoms with E-state index in [-0.39, 0.29) is 5.50 Å². The Morgan fingerprint density at radius 3 is 2.76 bits per heavy atom. The summed E-state index contributed by atoms with van der Waals surface area (Å²) in [6.07, 6.45) is 8.03. The fourth-order valence-electron chi connectivity index (χ4n) is 2.34. The van der Waals surface area contributed by atoms with Crippen molar-refractivity contribution in [1.82, 2.24) is 10.2 Å². The molecule has 1 aliphatic carbocycles. The lowest BCUT2D eigenvalue weighted by Crippen LogP contribution is -2.41. The van der Waals surface area contributed by atoms with E-state index in [4.69, 9.17) is 16.3 Å². The van der Waals surface area contributed by atoms with Gasteiger partial charge in [-0.3, -0.25) is 0 Å². The summed E-state index contributed by atoms with van der Waals surface area (Å²) >= 11 is 6.36. The van der Waals surface area contributed by atoms with Crippen molar-refractivity contribution in [3.8, 4) is 0 Å². The molecule has 1 unspecified atom stereocenters. The van der Waals surface area contributed by atoms with Gasteiger partial charge in [-0.1, -0.05) is 30.9 Å². The van der Waals surface area contributed by atoms with E-state index in [0.717, 1.165) is 5.70 Å². The Kier molecular flexibility index (Phi) is 4.15. The molecule has 96 valence electrons. The molecule has 1 fully saturated rings. The van der Waals surface area contributed by atoms with Crippen LogP contribution in [0.4, 0.5) is 0 Å². The van der Waals surface area contributed by atoms with Gasteiger partial charge in [-0.2, -0.15) is 0 Å². The lowest BCUT2D eigenvalue weighted by molar-refractivity contribution is 0.261. The SMILES string of the molecule is COC1=C(NC2CCCCC2)C(Cl)N(C)C=N1. The topological polar surface area (TPSA) is 36.9 Å². The number of ether oxygens (including phenoxy) is 1.